The summed E-state index contributed by atoms with van der Waals surface area (Å²) in [6, 6.07) is -0.00700. The van der Waals surface area contributed by atoms with E-state index in [0.29, 0.717) is 26.2 Å². The lowest BCUT2D eigenvalue weighted by molar-refractivity contribution is -0.126. The molecule has 3 heterocycles. The highest BCUT2D eigenvalue weighted by Crippen LogP contribution is 2.16. The van der Waals surface area contributed by atoms with Crippen LogP contribution in [0.5, 0.6) is 0 Å². The molecule has 130 valence electrons. The average molecular weight is 367 g/mol. The average Bonchev–Trinajstić information content (AvgIpc) is 3.24. The lowest BCUT2D eigenvalue weighted by Crippen LogP contribution is -2.50. The maximum atomic E-state index is 12.3. The summed E-state index contributed by atoms with van der Waals surface area (Å²) in [6.07, 6.45) is 1.84. The van der Waals surface area contributed by atoms with Gasteiger partial charge in [0, 0.05) is 23.3 Å². The van der Waals surface area contributed by atoms with Gasteiger partial charge in [-0.15, -0.1) is 22.7 Å². The second kappa shape index (κ2) is 8.66. The fraction of sp³-hybridized carbons (Fsp3) is 0.562. The van der Waals surface area contributed by atoms with Crippen LogP contribution in [0.3, 0.4) is 0 Å². The molecule has 2 aromatic heterocycles. The Morgan fingerprint density at radius 1 is 1.46 bits per heavy atom. The molecule has 0 unspecified atom stereocenters. The maximum Gasteiger partial charge on any atom is 0.220 e. The van der Waals surface area contributed by atoms with Crippen LogP contribution in [0.1, 0.15) is 29.1 Å². The van der Waals surface area contributed by atoms with Crippen molar-refractivity contribution in [3.8, 4) is 0 Å². The number of thiazole rings is 2. The topological polar surface area (TPSA) is 73.3 Å². The van der Waals surface area contributed by atoms with Crippen LogP contribution in [-0.2, 0) is 27.3 Å². The number of rotatable bonds is 7. The van der Waals surface area contributed by atoms with Crippen molar-refractivity contribution in [2.75, 3.05) is 13.2 Å². The van der Waals surface area contributed by atoms with Crippen molar-refractivity contribution in [3.63, 3.8) is 0 Å². The van der Waals surface area contributed by atoms with Crippen molar-refractivity contribution in [2.45, 2.75) is 44.9 Å². The number of ether oxygens (including phenoxy) is 2. The van der Waals surface area contributed by atoms with Crippen molar-refractivity contribution >= 4 is 28.6 Å². The first-order valence-corrected chi connectivity index (χ1v) is 9.79. The van der Waals surface area contributed by atoms with Gasteiger partial charge in [0.1, 0.15) is 6.10 Å². The minimum atomic E-state index is -0.130. The van der Waals surface area contributed by atoms with E-state index in [-0.39, 0.29) is 18.1 Å². The Morgan fingerprint density at radius 3 is 3.12 bits per heavy atom. The first-order chi connectivity index (χ1) is 11.7. The first kappa shape index (κ1) is 17.5. The van der Waals surface area contributed by atoms with Crippen LogP contribution in [-0.4, -0.2) is 41.2 Å². The SMILES string of the molecule is Cc1ncsc1CCC(=O)N[C@@H]1CCOC[C@H]1OCc1cscn1. The summed E-state index contributed by atoms with van der Waals surface area (Å²) in [4.78, 5) is 21.9. The molecule has 6 nitrogen and oxygen atoms in total. The van der Waals surface area contributed by atoms with Crippen LogP contribution in [0.2, 0.25) is 0 Å². The van der Waals surface area contributed by atoms with E-state index in [0.717, 1.165) is 24.2 Å². The zero-order valence-electron chi connectivity index (χ0n) is 13.6. The maximum absolute atomic E-state index is 12.3. The van der Waals surface area contributed by atoms with E-state index in [1.807, 2.05) is 17.8 Å². The van der Waals surface area contributed by atoms with Gasteiger partial charge in [0.2, 0.25) is 5.91 Å². The summed E-state index contributed by atoms with van der Waals surface area (Å²) in [5, 5.41) is 5.07. The zero-order chi connectivity index (χ0) is 16.8. The quantitative estimate of drug-likeness (QED) is 0.813. The highest BCUT2D eigenvalue weighted by molar-refractivity contribution is 7.09. The fourth-order valence-corrected chi connectivity index (χ4v) is 3.94. The number of hydrogen-bond acceptors (Lipinski definition) is 7. The van der Waals surface area contributed by atoms with Crippen LogP contribution < -0.4 is 5.32 Å². The second-order valence-corrected chi connectivity index (χ2v) is 7.39. The van der Waals surface area contributed by atoms with Crippen molar-refractivity contribution in [2.24, 2.45) is 0 Å². The van der Waals surface area contributed by atoms with Gasteiger partial charge in [0.05, 0.1) is 41.7 Å². The molecule has 0 aliphatic carbocycles. The van der Waals surface area contributed by atoms with Gasteiger partial charge in [-0.05, 0) is 19.8 Å². The van der Waals surface area contributed by atoms with E-state index in [4.69, 9.17) is 9.47 Å². The minimum absolute atomic E-state index is 0.00700. The molecular weight excluding hydrogens is 346 g/mol. The second-order valence-electron chi connectivity index (χ2n) is 5.73. The first-order valence-electron chi connectivity index (χ1n) is 7.97. The molecular formula is C16H21N3O3S2. The molecule has 1 saturated heterocycles. The third-order valence-corrected chi connectivity index (χ3v) is 5.63. The monoisotopic (exact) mass is 367 g/mol. The summed E-state index contributed by atoms with van der Waals surface area (Å²) in [5.74, 6) is 0.0527. The molecule has 0 saturated carbocycles. The van der Waals surface area contributed by atoms with E-state index in [9.17, 15) is 4.79 Å². The Labute approximate surface area is 149 Å². The Hall–Kier alpha value is -1.35. The van der Waals surface area contributed by atoms with Crippen molar-refractivity contribution in [1.82, 2.24) is 15.3 Å². The predicted molar refractivity (Wildman–Crippen MR) is 93.2 cm³/mol. The van der Waals surface area contributed by atoms with Gasteiger partial charge in [0.25, 0.3) is 0 Å². The van der Waals surface area contributed by atoms with Gasteiger partial charge < -0.3 is 14.8 Å². The highest BCUT2D eigenvalue weighted by Gasteiger charge is 2.28. The number of nitrogens with one attached hydrogen (secondary N) is 1. The van der Waals surface area contributed by atoms with E-state index in [1.165, 1.54) is 4.88 Å². The third-order valence-electron chi connectivity index (χ3n) is 4.00. The van der Waals surface area contributed by atoms with Gasteiger partial charge in [-0.3, -0.25) is 4.79 Å². The van der Waals surface area contributed by atoms with E-state index in [2.05, 4.69) is 15.3 Å². The van der Waals surface area contributed by atoms with Crippen LogP contribution >= 0.6 is 22.7 Å². The number of aryl methyl sites for hydroxylation is 2. The fourth-order valence-electron chi connectivity index (χ4n) is 2.61. The van der Waals surface area contributed by atoms with E-state index < -0.39 is 0 Å². The molecule has 0 spiro atoms. The molecule has 0 radical (unpaired) electrons. The van der Waals surface area contributed by atoms with Crippen LogP contribution in [0, 0.1) is 6.92 Å². The molecule has 1 N–H and O–H groups in total. The van der Waals surface area contributed by atoms with Gasteiger partial charge in [0.15, 0.2) is 0 Å². The van der Waals surface area contributed by atoms with Gasteiger partial charge in [-0.25, -0.2) is 9.97 Å². The summed E-state index contributed by atoms with van der Waals surface area (Å²) in [5.41, 5.74) is 5.54. The van der Waals surface area contributed by atoms with Crippen LogP contribution in [0.25, 0.3) is 0 Å². The van der Waals surface area contributed by atoms with Crippen LogP contribution in [0.4, 0.5) is 0 Å². The Balaban J connectivity index is 1.47. The molecule has 1 aliphatic rings. The zero-order valence-corrected chi connectivity index (χ0v) is 15.2. The number of amides is 1. The summed E-state index contributed by atoms with van der Waals surface area (Å²) < 4.78 is 11.4. The number of hydrogen-bond donors (Lipinski definition) is 1. The Morgan fingerprint density at radius 2 is 2.38 bits per heavy atom. The molecule has 2 atom stereocenters. The lowest BCUT2D eigenvalue weighted by atomic mass is 10.1. The van der Waals surface area contributed by atoms with E-state index >= 15 is 0 Å². The summed E-state index contributed by atoms with van der Waals surface area (Å²) >= 11 is 3.15. The molecule has 24 heavy (non-hydrogen) atoms. The largest absolute Gasteiger partial charge is 0.379 e. The molecule has 1 amide bonds. The standard InChI is InChI=1S/C16H21N3O3S2/c1-11-15(24-10-17-11)2-3-16(20)19-13-4-5-21-7-14(13)22-6-12-8-23-9-18-12/h8-10,13-14H,2-7H2,1H3,(H,19,20)/t13-,14-/m1/s1. The molecule has 3 rings (SSSR count). The number of aromatic nitrogens is 2. The minimum Gasteiger partial charge on any atom is -0.379 e. The lowest BCUT2D eigenvalue weighted by Gasteiger charge is -2.32. The third kappa shape index (κ3) is 4.83. The molecule has 0 bridgehead atoms. The Bertz CT molecular complexity index is 645. The van der Waals surface area contributed by atoms with Gasteiger partial charge in [-0.2, -0.15) is 0 Å². The predicted octanol–water partition coefficient (Wildman–Crippen LogP) is 2.33. The number of nitrogens with zero attached hydrogens (tertiary/aromatic N) is 2. The van der Waals surface area contributed by atoms with Gasteiger partial charge in [-0.1, -0.05) is 0 Å². The van der Waals surface area contributed by atoms with Crippen LogP contribution in [0.15, 0.2) is 16.4 Å². The molecule has 8 heteroatoms. The number of carbonyl (C=O) groups excluding carboxylic acids is 1. The summed E-state index contributed by atoms with van der Waals surface area (Å²) in [7, 11) is 0. The van der Waals surface area contributed by atoms with Crippen molar-refractivity contribution in [1.29, 1.82) is 0 Å². The van der Waals surface area contributed by atoms with Gasteiger partial charge >= 0.3 is 0 Å². The molecule has 1 fully saturated rings. The Kier molecular flexibility index (Phi) is 6.30. The van der Waals surface area contributed by atoms with Crippen molar-refractivity contribution in [3.05, 3.63) is 32.7 Å². The molecule has 2 aromatic rings. The highest BCUT2D eigenvalue weighted by atomic mass is 32.1. The summed E-state index contributed by atoms with van der Waals surface area (Å²) in [6.45, 7) is 3.58. The van der Waals surface area contributed by atoms with E-state index in [1.54, 1.807) is 28.2 Å². The normalized spacial score (nSPS) is 20.9. The molecule has 1 aliphatic heterocycles. The molecule has 0 aromatic carbocycles. The van der Waals surface area contributed by atoms with Crippen molar-refractivity contribution < 1.29 is 14.3 Å². The smallest absolute Gasteiger partial charge is 0.220 e. The number of carbonyl (C=O) groups is 1.